The van der Waals surface area contributed by atoms with Crippen LogP contribution in [0.5, 0.6) is 0 Å². The summed E-state index contributed by atoms with van der Waals surface area (Å²) in [5.41, 5.74) is 34.1. The van der Waals surface area contributed by atoms with Gasteiger partial charge in [0.1, 0.15) is 0 Å². The Hall–Kier alpha value is -13.1. The van der Waals surface area contributed by atoms with Crippen LogP contribution in [0, 0.1) is 0 Å². The van der Waals surface area contributed by atoms with Crippen molar-refractivity contribution in [3.8, 4) is 129 Å². The van der Waals surface area contributed by atoms with E-state index in [1.807, 2.05) is 68.0 Å². The van der Waals surface area contributed by atoms with E-state index in [4.69, 9.17) is 0 Å². The summed E-state index contributed by atoms with van der Waals surface area (Å²) >= 11 is 11.1. The lowest BCUT2D eigenvalue weighted by atomic mass is 9.78. The molecule has 12 heterocycles. The highest BCUT2D eigenvalue weighted by molar-refractivity contribution is 7.18. The van der Waals surface area contributed by atoms with Crippen molar-refractivity contribution >= 4 is 199 Å². The van der Waals surface area contributed by atoms with E-state index < -0.39 is 0 Å². The number of hydrogen-bond acceptors (Lipinski definition) is 6. The van der Waals surface area contributed by atoms with Gasteiger partial charge in [0.15, 0.2) is 0 Å². The van der Waals surface area contributed by atoms with Crippen LogP contribution >= 0.6 is 68.0 Å². The molecule has 6 N–H and O–H groups in total. The van der Waals surface area contributed by atoms with E-state index in [-0.39, 0.29) is 0 Å². The van der Waals surface area contributed by atoms with Crippen LogP contribution < -0.4 is 0 Å². The van der Waals surface area contributed by atoms with Gasteiger partial charge in [0.05, 0.1) is 33.1 Å². The molecule has 0 radical (unpaired) electrons. The Morgan fingerprint density at radius 3 is 0.447 bits per heavy atom. The Morgan fingerprint density at radius 1 is 0.132 bits per heavy atom. The van der Waals surface area contributed by atoms with Crippen molar-refractivity contribution in [3.05, 3.63) is 323 Å². The van der Waals surface area contributed by atoms with Gasteiger partial charge in [-0.1, -0.05) is 218 Å². The largest absolute Gasteiger partial charge is 0.354 e. The number of para-hydroxylation sites is 12. The number of thiophene rings is 6. The average molecular weight is 1560 g/mol. The minimum absolute atomic E-state index is 1.11. The van der Waals surface area contributed by atoms with Crippen molar-refractivity contribution in [2.75, 3.05) is 0 Å². The van der Waals surface area contributed by atoms with Crippen molar-refractivity contribution in [3.63, 3.8) is 0 Å². The molecule has 0 saturated carbocycles. The lowest BCUT2D eigenvalue weighted by molar-refractivity contribution is 1.53. The lowest BCUT2D eigenvalue weighted by Crippen LogP contribution is -2.02. The molecule has 0 aliphatic carbocycles. The summed E-state index contributed by atoms with van der Waals surface area (Å²) in [6.45, 7) is 0. The number of rotatable bonds is 12. The SMILES string of the molecule is c1ccc2c(c1)[nH]c1c(-c3ccsc3-c3c(-c4sccc4-c4cccc5c4[nH]c4ccccc45)c(-c4sccc4-c4cccc5c4[nH]c4ccccc45)c(-c4sccc4-c4cccc5c4[nH]c4ccccc45)c(-c4sccc4-c4cccc5c4[nH]c4ccccc45)c3-c3sccc3-c3cccc4c3[nH]c3ccccc34)cccc12. The smallest absolute Gasteiger partial charge is 0.0545 e. The van der Waals surface area contributed by atoms with E-state index in [0.29, 0.717) is 0 Å². The molecule has 0 unspecified atom stereocenters. The van der Waals surface area contributed by atoms with Crippen LogP contribution in [0.15, 0.2) is 323 Å². The van der Waals surface area contributed by atoms with Gasteiger partial charge in [0.25, 0.3) is 0 Å². The number of nitrogens with one attached hydrogen (secondary N) is 6. The molecule has 534 valence electrons. The van der Waals surface area contributed by atoms with Gasteiger partial charge in [-0.2, -0.15) is 0 Å². The minimum atomic E-state index is 1.11. The van der Waals surface area contributed by atoms with Crippen molar-refractivity contribution in [1.82, 2.24) is 29.9 Å². The summed E-state index contributed by atoms with van der Waals surface area (Å²) in [5, 5.41) is 28.5. The summed E-state index contributed by atoms with van der Waals surface area (Å²) < 4.78 is 0. The van der Waals surface area contributed by atoms with E-state index in [0.717, 1.165) is 133 Å². The van der Waals surface area contributed by atoms with E-state index in [1.54, 1.807) is 0 Å². The molecule has 0 saturated heterocycles. The quantitative estimate of drug-likeness (QED) is 0.0703. The molecule has 114 heavy (non-hydrogen) atoms. The van der Waals surface area contributed by atoms with E-state index >= 15 is 0 Å². The van der Waals surface area contributed by atoms with Crippen molar-refractivity contribution < 1.29 is 0 Å². The first-order chi connectivity index (χ1) is 56.6. The number of benzene rings is 13. The highest BCUT2D eigenvalue weighted by Crippen LogP contribution is 2.66. The molecular weight excluding hydrogens is 1500 g/mol. The lowest BCUT2D eigenvalue weighted by Gasteiger charge is -2.29. The molecule has 0 aliphatic heterocycles. The maximum absolute atomic E-state index is 4.05. The van der Waals surface area contributed by atoms with Crippen LogP contribution in [0.2, 0.25) is 0 Å². The van der Waals surface area contributed by atoms with Crippen LogP contribution in [0.4, 0.5) is 0 Å². The Morgan fingerprint density at radius 2 is 0.281 bits per heavy atom. The topological polar surface area (TPSA) is 94.7 Å². The normalized spacial score (nSPS) is 12.2. The molecule has 12 aromatic heterocycles. The van der Waals surface area contributed by atoms with E-state index in [2.05, 4.69) is 353 Å². The van der Waals surface area contributed by atoms with Crippen molar-refractivity contribution in [1.29, 1.82) is 0 Å². The van der Waals surface area contributed by atoms with Gasteiger partial charge in [0, 0.05) is 227 Å². The second kappa shape index (κ2) is 25.2. The van der Waals surface area contributed by atoms with Crippen LogP contribution in [0.25, 0.3) is 260 Å². The third kappa shape index (κ3) is 9.43. The summed E-state index contributed by atoms with van der Waals surface area (Å²) in [7, 11) is 0. The van der Waals surface area contributed by atoms with Gasteiger partial charge in [0.2, 0.25) is 0 Å². The molecule has 0 bridgehead atoms. The average Bonchev–Trinajstić information content (AvgIpc) is 1.27. The highest BCUT2D eigenvalue weighted by Gasteiger charge is 2.39. The molecule has 0 spiro atoms. The minimum Gasteiger partial charge on any atom is -0.354 e. The third-order valence-corrected chi connectivity index (χ3v) is 29.4. The molecule has 0 aliphatic rings. The predicted octanol–water partition coefficient (Wildman–Crippen LogP) is 31.9. The zero-order chi connectivity index (χ0) is 74.4. The van der Waals surface area contributed by atoms with Gasteiger partial charge in [-0.05, 0) is 105 Å². The van der Waals surface area contributed by atoms with Crippen LogP contribution in [-0.4, -0.2) is 29.9 Å². The van der Waals surface area contributed by atoms with Crippen LogP contribution in [-0.2, 0) is 0 Å². The zero-order valence-corrected chi connectivity index (χ0v) is 65.5. The van der Waals surface area contributed by atoms with E-state index in [9.17, 15) is 0 Å². The number of aromatic nitrogens is 6. The first-order valence-electron chi connectivity index (χ1n) is 38.3. The first kappa shape index (κ1) is 64.5. The molecule has 0 fully saturated rings. The van der Waals surface area contributed by atoms with Gasteiger partial charge in [-0.3, -0.25) is 0 Å². The monoisotopic (exact) mass is 1560 g/mol. The summed E-state index contributed by atoms with van der Waals surface area (Å²) in [6, 6.07) is 109. The Balaban J connectivity index is 0.932. The third-order valence-electron chi connectivity index (χ3n) is 23.8. The standard InChI is InChI=1S/C102H60N6S6/c1-7-37-79-55(19-1)61-25-13-31-67(91(61)103-79)73-43-49-109-97(73)85-86(98-74(44-50-110-98)68-32-14-26-62-56-20-2-8-38-80(56)104-92(62)68)88(100-76(46-52-112-100)70-34-16-28-64-58-22-4-10-40-82(58)106-94(64)70)90(102-78(48-54-114-102)72-36-18-30-66-60-24-6-12-42-84(60)108-96(66)72)89(101-77(47-53-113-101)71-35-17-29-65-59-23-5-11-41-83(59)107-95(65)71)87(85)99-75(45-51-111-99)69-33-15-27-63-57-21-3-9-39-81(57)105-93(63)69/h1-54,103-108H. The van der Waals surface area contributed by atoms with Gasteiger partial charge in [-0.15, -0.1) is 68.0 Å². The molecule has 25 rings (SSSR count). The van der Waals surface area contributed by atoms with E-state index in [1.165, 1.54) is 127 Å². The fourth-order valence-electron chi connectivity index (χ4n) is 19.0. The second-order valence-corrected chi connectivity index (χ2v) is 35.1. The Kier molecular flexibility index (Phi) is 14.3. The maximum Gasteiger partial charge on any atom is 0.0545 e. The molecule has 0 atom stereocenters. The summed E-state index contributed by atoms with van der Waals surface area (Å²) in [6.07, 6.45) is 0. The number of hydrogen-bond donors (Lipinski definition) is 6. The number of H-pyrrole nitrogens is 6. The van der Waals surface area contributed by atoms with Crippen LogP contribution in [0.3, 0.4) is 0 Å². The zero-order valence-electron chi connectivity index (χ0n) is 60.6. The molecule has 0 amide bonds. The summed E-state index contributed by atoms with van der Waals surface area (Å²) in [5.74, 6) is 0. The molecule has 6 nitrogen and oxygen atoms in total. The fraction of sp³-hybridized carbons (Fsp3) is 0. The van der Waals surface area contributed by atoms with Gasteiger partial charge < -0.3 is 29.9 Å². The Labute approximate surface area is 675 Å². The van der Waals surface area contributed by atoms with Gasteiger partial charge >= 0.3 is 0 Å². The van der Waals surface area contributed by atoms with Crippen molar-refractivity contribution in [2.24, 2.45) is 0 Å². The molecule has 13 aromatic carbocycles. The highest BCUT2D eigenvalue weighted by atomic mass is 32.1. The van der Waals surface area contributed by atoms with Gasteiger partial charge in [-0.25, -0.2) is 0 Å². The number of fused-ring (bicyclic) bond motifs is 18. The molecule has 12 heteroatoms. The second-order valence-electron chi connectivity index (χ2n) is 29.6. The Bertz CT molecular complexity index is 7030. The first-order valence-corrected chi connectivity index (χ1v) is 43.6. The fourth-order valence-corrected chi connectivity index (χ4v) is 24.8. The molecule has 25 aromatic rings. The predicted molar refractivity (Wildman–Crippen MR) is 495 cm³/mol. The maximum atomic E-state index is 4.05. The number of aromatic amines is 6. The van der Waals surface area contributed by atoms with Crippen molar-refractivity contribution in [2.45, 2.75) is 0 Å². The van der Waals surface area contributed by atoms with Crippen LogP contribution in [0.1, 0.15) is 0 Å². The summed E-state index contributed by atoms with van der Waals surface area (Å²) in [4.78, 5) is 31.3. The molecular formula is C102H60N6S6.